The summed E-state index contributed by atoms with van der Waals surface area (Å²) in [4.78, 5) is 17.1. The quantitative estimate of drug-likeness (QED) is 0.574. The first kappa shape index (κ1) is 17.9. The van der Waals surface area contributed by atoms with Crippen molar-refractivity contribution in [1.82, 2.24) is 0 Å². The number of hydrogen-bond acceptors (Lipinski definition) is 4. The van der Waals surface area contributed by atoms with Crippen LogP contribution in [0, 0.1) is 40.4 Å². The van der Waals surface area contributed by atoms with Crippen molar-refractivity contribution < 1.29 is 20.0 Å². The maximum absolute atomic E-state index is 12.2. The van der Waals surface area contributed by atoms with Crippen molar-refractivity contribution in [3.63, 3.8) is 0 Å². The number of rotatable bonds is 3. The van der Waals surface area contributed by atoms with Crippen LogP contribution in [-0.4, -0.2) is 11.9 Å². The molecule has 4 rings (SSSR count). The standard InChI is InChI=1S/C21H34O4/c1-13(22)17-6-7-18-16-5-4-14-12-15(24-25-23)8-10-20(14,2)19(16)9-11-21(17,18)3/h14-19,23H,4-12H2,1-3H3/p-1/t14-,15-,16?,17+,18?,19?,20-,21+/m0/s1. The Labute approximate surface area is 151 Å². The molecule has 4 heteroatoms. The molecule has 0 aromatic carbocycles. The van der Waals surface area contributed by atoms with E-state index in [-0.39, 0.29) is 11.5 Å². The second kappa shape index (κ2) is 6.31. The second-order valence-corrected chi connectivity index (χ2v) is 10.0. The minimum atomic E-state index is -0.0189. The predicted molar refractivity (Wildman–Crippen MR) is 91.9 cm³/mol. The Hall–Kier alpha value is -0.450. The summed E-state index contributed by atoms with van der Waals surface area (Å²) in [5, 5.41) is 14.1. The number of hydrogen-bond donors (Lipinski definition) is 0. The molecule has 0 aromatic heterocycles. The third-order valence-electron chi connectivity index (χ3n) is 9.28. The van der Waals surface area contributed by atoms with Crippen molar-refractivity contribution in [1.29, 1.82) is 0 Å². The largest absolute Gasteiger partial charge is 0.692 e. The van der Waals surface area contributed by atoms with Gasteiger partial charge in [-0.25, -0.2) is 4.89 Å². The maximum Gasteiger partial charge on any atom is 0.133 e. The molecule has 4 fully saturated rings. The highest BCUT2D eigenvalue weighted by Gasteiger charge is 2.60. The van der Waals surface area contributed by atoms with E-state index in [0.29, 0.717) is 23.0 Å². The zero-order valence-electron chi connectivity index (χ0n) is 16.0. The van der Waals surface area contributed by atoms with E-state index in [1.165, 1.54) is 32.1 Å². The van der Waals surface area contributed by atoms with E-state index in [1.54, 1.807) is 0 Å². The smallest absolute Gasteiger partial charge is 0.133 e. The highest BCUT2D eigenvalue weighted by Crippen LogP contribution is 2.67. The van der Waals surface area contributed by atoms with E-state index in [0.717, 1.165) is 43.4 Å². The van der Waals surface area contributed by atoms with Crippen LogP contribution >= 0.6 is 0 Å². The molecule has 0 N–H and O–H groups in total. The number of Topliss-reactive ketones (excluding diaryl/α,β-unsaturated/α-hetero) is 1. The summed E-state index contributed by atoms with van der Waals surface area (Å²) in [6.45, 7) is 6.72. The molecule has 0 radical (unpaired) electrons. The molecule has 0 heterocycles. The van der Waals surface area contributed by atoms with Gasteiger partial charge < -0.3 is 5.26 Å². The number of ketones is 1. The van der Waals surface area contributed by atoms with Gasteiger partial charge in [0.1, 0.15) is 5.78 Å². The fourth-order valence-electron chi connectivity index (χ4n) is 8.03. The molecule has 25 heavy (non-hydrogen) atoms. The van der Waals surface area contributed by atoms with Crippen molar-refractivity contribution >= 4 is 5.78 Å². The second-order valence-electron chi connectivity index (χ2n) is 10.0. The molecule has 142 valence electrons. The molecular formula is C21H33O4-. The molecule has 0 saturated heterocycles. The van der Waals surface area contributed by atoms with Gasteiger partial charge in [-0.1, -0.05) is 13.8 Å². The lowest BCUT2D eigenvalue weighted by molar-refractivity contribution is -0.805. The number of carbonyl (C=O) groups excluding carboxylic acids is 1. The van der Waals surface area contributed by atoms with Crippen molar-refractivity contribution in [2.75, 3.05) is 0 Å². The zero-order valence-corrected chi connectivity index (χ0v) is 16.0. The van der Waals surface area contributed by atoms with Crippen LogP contribution in [0.1, 0.15) is 78.6 Å². The zero-order chi connectivity index (χ0) is 17.8. The molecule has 0 aromatic rings. The van der Waals surface area contributed by atoms with Gasteiger partial charge in [0.15, 0.2) is 0 Å². The first-order chi connectivity index (χ1) is 11.9. The topological polar surface area (TPSA) is 58.6 Å². The summed E-state index contributed by atoms with van der Waals surface area (Å²) in [6, 6.07) is 0. The Morgan fingerprint density at radius 1 is 0.960 bits per heavy atom. The Balaban J connectivity index is 1.55. The Bertz CT molecular complexity index is 534. The monoisotopic (exact) mass is 349 g/mol. The average Bonchev–Trinajstić information content (AvgIpc) is 2.93. The van der Waals surface area contributed by atoms with Crippen LogP contribution in [0.3, 0.4) is 0 Å². The highest BCUT2D eigenvalue weighted by atomic mass is 17.5. The lowest BCUT2D eigenvalue weighted by Gasteiger charge is -2.61. The van der Waals surface area contributed by atoms with Crippen molar-refractivity contribution in [2.24, 2.45) is 40.4 Å². The van der Waals surface area contributed by atoms with Gasteiger partial charge in [-0.2, -0.15) is 0 Å². The van der Waals surface area contributed by atoms with Crippen LogP contribution < -0.4 is 5.26 Å². The Kier molecular flexibility index (Phi) is 4.53. The molecule has 3 unspecified atom stereocenters. The molecule has 4 nitrogen and oxygen atoms in total. The molecule has 8 atom stereocenters. The lowest BCUT2D eigenvalue weighted by Crippen LogP contribution is -2.54. The predicted octanol–water partition coefficient (Wildman–Crippen LogP) is 3.83. The lowest BCUT2D eigenvalue weighted by atomic mass is 9.44. The van der Waals surface area contributed by atoms with Crippen molar-refractivity contribution in [2.45, 2.75) is 84.7 Å². The Morgan fingerprint density at radius 3 is 2.40 bits per heavy atom. The summed E-state index contributed by atoms with van der Waals surface area (Å²) in [5.41, 5.74) is 0.619. The third kappa shape index (κ3) is 2.62. The minimum absolute atomic E-state index is 0.0189. The summed E-state index contributed by atoms with van der Waals surface area (Å²) in [6.07, 6.45) is 10.4. The van der Waals surface area contributed by atoms with E-state index in [2.05, 4.69) is 18.9 Å². The molecule has 0 bridgehead atoms. The molecular weight excluding hydrogens is 316 g/mol. The third-order valence-corrected chi connectivity index (χ3v) is 9.28. The van der Waals surface area contributed by atoms with Crippen LogP contribution in [0.5, 0.6) is 0 Å². The van der Waals surface area contributed by atoms with E-state index in [9.17, 15) is 10.1 Å². The van der Waals surface area contributed by atoms with E-state index in [4.69, 9.17) is 4.89 Å². The first-order valence-electron chi connectivity index (χ1n) is 10.4. The molecule has 4 aliphatic carbocycles. The van der Waals surface area contributed by atoms with Gasteiger partial charge in [-0.05, 0) is 99.2 Å². The number of fused-ring (bicyclic) bond motifs is 5. The van der Waals surface area contributed by atoms with Crippen molar-refractivity contribution in [3.8, 4) is 0 Å². The first-order valence-corrected chi connectivity index (χ1v) is 10.4. The molecule has 0 aliphatic heterocycles. The van der Waals surface area contributed by atoms with Gasteiger partial charge in [0.05, 0.1) is 6.10 Å². The van der Waals surface area contributed by atoms with Crippen LogP contribution in [-0.2, 0) is 14.7 Å². The number of carbonyl (C=O) groups is 1. The van der Waals surface area contributed by atoms with Gasteiger partial charge in [0.2, 0.25) is 0 Å². The van der Waals surface area contributed by atoms with Gasteiger partial charge >= 0.3 is 0 Å². The summed E-state index contributed by atoms with van der Waals surface area (Å²) in [7, 11) is 0. The van der Waals surface area contributed by atoms with Crippen molar-refractivity contribution in [3.05, 3.63) is 0 Å². The Morgan fingerprint density at radius 2 is 1.68 bits per heavy atom. The van der Waals surface area contributed by atoms with E-state index < -0.39 is 0 Å². The summed E-state index contributed by atoms with van der Waals surface area (Å²) in [5.74, 6) is 3.66. The molecule has 0 spiro atoms. The fourth-order valence-corrected chi connectivity index (χ4v) is 8.03. The normalized spacial score (nSPS) is 52.2. The average molecular weight is 349 g/mol. The van der Waals surface area contributed by atoms with Crippen LogP contribution in [0.25, 0.3) is 0 Å². The minimum Gasteiger partial charge on any atom is -0.692 e. The SMILES string of the molecule is CC(=O)[C@H]1CCC2C3CC[C@H]4C[C@@H](OO[O-])CC[C@]4(C)C3CC[C@@]21C. The van der Waals surface area contributed by atoms with Crippen LogP contribution in [0.4, 0.5) is 0 Å². The van der Waals surface area contributed by atoms with Gasteiger partial charge in [-0.3, -0.25) is 9.83 Å². The maximum atomic E-state index is 12.2. The van der Waals surface area contributed by atoms with Gasteiger partial charge in [0.25, 0.3) is 0 Å². The summed E-state index contributed by atoms with van der Waals surface area (Å²) < 4.78 is 0. The van der Waals surface area contributed by atoms with E-state index in [1.807, 2.05) is 6.92 Å². The highest BCUT2D eigenvalue weighted by molar-refractivity contribution is 5.79. The molecule has 0 amide bonds. The van der Waals surface area contributed by atoms with Crippen LogP contribution in [0.15, 0.2) is 0 Å². The van der Waals surface area contributed by atoms with Gasteiger partial charge in [-0.15, -0.1) is 0 Å². The molecule has 4 saturated carbocycles. The van der Waals surface area contributed by atoms with E-state index >= 15 is 0 Å². The molecule has 4 aliphatic rings. The summed E-state index contributed by atoms with van der Waals surface area (Å²) >= 11 is 0. The van der Waals surface area contributed by atoms with Gasteiger partial charge in [0, 0.05) is 5.92 Å². The van der Waals surface area contributed by atoms with Crippen LogP contribution in [0.2, 0.25) is 0 Å². The fraction of sp³-hybridized carbons (Fsp3) is 0.952.